The molecule has 0 nitrogen and oxygen atoms in total. The Morgan fingerprint density at radius 3 is 2.69 bits per heavy atom. The predicted molar refractivity (Wildman–Crippen MR) is 63.6 cm³/mol. The maximum atomic E-state index is 5.59. The van der Waals surface area contributed by atoms with E-state index in [4.69, 9.17) is 11.6 Å². The molecule has 1 aromatic heterocycles. The third-order valence-electron chi connectivity index (χ3n) is 2.02. The lowest BCUT2D eigenvalue weighted by Crippen LogP contribution is -1.75. The van der Waals surface area contributed by atoms with Crippen LogP contribution in [0.2, 0.25) is 0 Å². The van der Waals surface area contributed by atoms with Crippen molar-refractivity contribution in [2.75, 3.05) is 5.88 Å². The Labute approximate surface area is 88.6 Å². The summed E-state index contributed by atoms with van der Waals surface area (Å²) in [6.45, 7) is 8.07. The maximum absolute atomic E-state index is 5.59. The van der Waals surface area contributed by atoms with Gasteiger partial charge in [-0.15, -0.1) is 22.9 Å². The molecule has 0 atom stereocenters. The van der Waals surface area contributed by atoms with E-state index in [2.05, 4.69) is 26.5 Å². The molecule has 0 saturated heterocycles. The highest BCUT2D eigenvalue weighted by atomic mass is 35.5. The molecule has 13 heavy (non-hydrogen) atoms. The van der Waals surface area contributed by atoms with Crippen molar-refractivity contribution in [2.24, 2.45) is 0 Å². The van der Waals surface area contributed by atoms with Crippen molar-refractivity contribution in [1.29, 1.82) is 0 Å². The maximum Gasteiger partial charge on any atom is 0.0407 e. The monoisotopic (exact) mass is 212 g/mol. The molecule has 0 saturated carbocycles. The van der Waals surface area contributed by atoms with Crippen LogP contribution in [0.1, 0.15) is 20.9 Å². The summed E-state index contributed by atoms with van der Waals surface area (Å²) in [6, 6.07) is 0. The van der Waals surface area contributed by atoms with Crippen molar-refractivity contribution in [3.8, 4) is 0 Å². The molecule has 0 fully saturated rings. The highest BCUT2D eigenvalue weighted by Crippen LogP contribution is 2.29. The van der Waals surface area contributed by atoms with Gasteiger partial charge in [0.05, 0.1) is 0 Å². The Balaban J connectivity index is 3.13. The minimum Gasteiger partial charge on any atom is -0.140 e. The second-order valence-corrected chi connectivity index (χ2v) is 4.39. The van der Waals surface area contributed by atoms with Crippen LogP contribution in [0.25, 0.3) is 12.2 Å². The molecule has 0 aromatic carbocycles. The number of hydrogen-bond donors (Lipinski definition) is 0. The van der Waals surface area contributed by atoms with E-state index < -0.39 is 0 Å². The van der Waals surface area contributed by atoms with Crippen LogP contribution in [0.5, 0.6) is 0 Å². The van der Waals surface area contributed by atoms with E-state index in [-0.39, 0.29) is 0 Å². The van der Waals surface area contributed by atoms with Gasteiger partial charge in [-0.2, -0.15) is 0 Å². The van der Waals surface area contributed by atoms with Gasteiger partial charge in [0.15, 0.2) is 0 Å². The van der Waals surface area contributed by atoms with Crippen molar-refractivity contribution in [2.45, 2.75) is 13.8 Å². The SMILES string of the molecule is C=Cc1c(/C=C\CCl)sc(C)c1C. The first-order valence-electron chi connectivity index (χ1n) is 4.15. The first-order chi connectivity index (χ1) is 6.20. The van der Waals surface area contributed by atoms with Crippen molar-refractivity contribution in [3.63, 3.8) is 0 Å². The van der Waals surface area contributed by atoms with Crippen LogP contribution in [0.15, 0.2) is 12.7 Å². The summed E-state index contributed by atoms with van der Waals surface area (Å²) in [6.07, 6.45) is 5.93. The summed E-state index contributed by atoms with van der Waals surface area (Å²) in [5.74, 6) is 0.562. The van der Waals surface area contributed by atoms with Crippen molar-refractivity contribution >= 4 is 35.1 Å². The molecule has 1 rings (SSSR count). The fraction of sp³-hybridized carbons (Fsp3) is 0.273. The number of allylic oxidation sites excluding steroid dienone is 1. The zero-order valence-electron chi connectivity index (χ0n) is 7.93. The number of aryl methyl sites for hydroxylation is 1. The molecule has 0 spiro atoms. The number of alkyl halides is 1. The highest BCUT2D eigenvalue weighted by Gasteiger charge is 2.06. The lowest BCUT2D eigenvalue weighted by Gasteiger charge is -1.92. The Morgan fingerprint density at radius 2 is 2.15 bits per heavy atom. The average Bonchev–Trinajstić information content (AvgIpc) is 2.39. The van der Waals surface area contributed by atoms with Crippen LogP contribution >= 0.6 is 22.9 Å². The van der Waals surface area contributed by atoms with Crippen LogP contribution < -0.4 is 0 Å². The van der Waals surface area contributed by atoms with E-state index in [0.717, 1.165) is 0 Å². The van der Waals surface area contributed by atoms with Gasteiger partial charge in [0.25, 0.3) is 0 Å². The minimum atomic E-state index is 0.562. The zero-order chi connectivity index (χ0) is 9.84. The lowest BCUT2D eigenvalue weighted by molar-refractivity contribution is 1.42. The largest absolute Gasteiger partial charge is 0.140 e. The van der Waals surface area contributed by atoms with Crippen molar-refractivity contribution in [3.05, 3.63) is 33.5 Å². The van der Waals surface area contributed by atoms with E-state index in [9.17, 15) is 0 Å². The fourth-order valence-electron chi connectivity index (χ4n) is 1.20. The Kier molecular flexibility index (Phi) is 3.76. The molecule has 1 aromatic rings. The van der Waals surface area contributed by atoms with E-state index in [1.807, 2.05) is 12.2 Å². The average molecular weight is 213 g/mol. The number of hydrogen-bond acceptors (Lipinski definition) is 1. The van der Waals surface area contributed by atoms with Gasteiger partial charge in [0, 0.05) is 15.6 Å². The second kappa shape index (κ2) is 4.64. The van der Waals surface area contributed by atoms with Crippen LogP contribution in [-0.4, -0.2) is 5.88 Å². The number of rotatable bonds is 3. The number of halogens is 1. The summed E-state index contributed by atoms with van der Waals surface area (Å²) in [5.41, 5.74) is 2.57. The quantitative estimate of drug-likeness (QED) is 0.657. The zero-order valence-corrected chi connectivity index (χ0v) is 9.50. The van der Waals surface area contributed by atoms with Gasteiger partial charge in [-0.25, -0.2) is 0 Å². The second-order valence-electron chi connectivity index (χ2n) is 2.82. The molecule has 0 aliphatic rings. The molecule has 0 aliphatic heterocycles. The molecule has 0 unspecified atom stereocenters. The third kappa shape index (κ3) is 2.23. The predicted octanol–water partition coefficient (Wildman–Crippen LogP) is 4.26. The van der Waals surface area contributed by atoms with Gasteiger partial charge in [-0.3, -0.25) is 0 Å². The number of thiophene rings is 1. The molecule has 0 aliphatic carbocycles. The van der Waals surface area contributed by atoms with Crippen LogP contribution in [0.3, 0.4) is 0 Å². The van der Waals surface area contributed by atoms with Crippen LogP contribution in [0, 0.1) is 13.8 Å². The summed E-state index contributed by atoms with van der Waals surface area (Å²) < 4.78 is 0. The Morgan fingerprint density at radius 1 is 1.46 bits per heavy atom. The van der Waals surface area contributed by atoms with Crippen LogP contribution in [-0.2, 0) is 0 Å². The van der Waals surface area contributed by atoms with E-state index in [1.165, 1.54) is 20.9 Å². The van der Waals surface area contributed by atoms with Gasteiger partial charge in [0.2, 0.25) is 0 Å². The minimum absolute atomic E-state index is 0.562. The van der Waals surface area contributed by atoms with Crippen molar-refractivity contribution in [1.82, 2.24) is 0 Å². The molecule has 2 heteroatoms. The molecular weight excluding hydrogens is 200 g/mol. The Bertz CT molecular complexity index is 334. The molecule has 0 amide bonds. The first kappa shape index (κ1) is 10.6. The van der Waals surface area contributed by atoms with Gasteiger partial charge in [0.1, 0.15) is 0 Å². The molecular formula is C11H13ClS. The topological polar surface area (TPSA) is 0 Å². The lowest BCUT2D eigenvalue weighted by atomic mass is 10.1. The first-order valence-corrected chi connectivity index (χ1v) is 5.50. The van der Waals surface area contributed by atoms with E-state index >= 15 is 0 Å². The van der Waals surface area contributed by atoms with Crippen molar-refractivity contribution < 1.29 is 0 Å². The summed E-state index contributed by atoms with van der Waals surface area (Å²) in [7, 11) is 0. The summed E-state index contributed by atoms with van der Waals surface area (Å²) >= 11 is 7.37. The van der Waals surface area contributed by atoms with E-state index in [1.54, 1.807) is 11.3 Å². The fourth-order valence-corrected chi connectivity index (χ4v) is 2.39. The molecule has 0 bridgehead atoms. The third-order valence-corrected chi connectivity index (χ3v) is 3.39. The Hall–Kier alpha value is -0.530. The molecule has 70 valence electrons. The van der Waals surface area contributed by atoms with E-state index in [0.29, 0.717) is 5.88 Å². The van der Waals surface area contributed by atoms with Crippen LogP contribution in [0.4, 0.5) is 0 Å². The van der Waals surface area contributed by atoms with Gasteiger partial charge in [-0.1, -0.05) is 18.7 Å². The smallest absolute Gasteiger partial charge is 0.0407 e. The molecule has 1 heterocycles. The summed E-state index contributed by atoms with van der Waals surface area (Å²) in [5, 5.41) is 0. The molecule has 0 N–H and O–H groups in total. The highest BCUT2D eigenvalue weighted by molar-refractivity contribution is 7.13. The van der Waals surface area contributed by atoms with Gasteiger partial charge in [-0.05, 0) is 31.1 Å². The normalized spacial score (nSPS) is 11.0. The standard InChI is InChI=1S/C11H13ClS/c1-4-10-8(2)9(3)13-11(10)6-5-7-12/h4-6H,1,7H2,2-3H3/b6-5-. The molecule has 0 radical (unpaired) electrons. The van der Waals surface area contributed by atoms with Gasteiger partial charge < -0.3 is 0 Å². The summed E-state index contributed by atoms with van der Waals surface area (Å²) in [4.78, 5) is 2.61. The van der Waals surface area contributed by atoms with Gasteiger partial charge >= 0.3 is 0 Å².